The normalized spacial score (nSPS) is 11.3. The van der Waals surface area contributed by atoms with Crippen LogP contribution in [0.25, 0.3) is 0 Å². The summed E-state index contributed by atoms with van der Waals surface area (Å²) in [5.41, 5.74) is 0.106. The molecule has 0 atom stereocenters. The molecule has 1 rings (SSSR count). The van der Waals surface area contributed by atoms with Gasteiger partial charge in [-0.15, -0.1) is 0 Å². The Bertz CT molecular complexity index is 560. The number of nitrogens with one attached hydrogen (secondary N) is 2. The van der Waals surface area contributed by atoms with Crippen molar-refractivity contribution in [1.82, 2.24) is 10.0 Å². The Hall–Kier alpha value is -1.15. The van der Waals surface area contributed by atoms with Crippen molar-refractivity contribution in [1.29, 1.82) is 0 Å². The molecule has 0 unspecified atom stereocenters. The predicted octanol–water partition coefficient (Wildman–Crippen LogP) is 0.624. The Labute approximate surface area is 117 Å². The minimum absolute atomic E-state index is 0.0173. The van der Waals surface area contributed by atoms with Crippen molar-refractivity contribution in [3.8, 4) is 0 Å². The Morgan fingerprint density at radius 1 is 1.42 bits per heavy atom. The zero-order valence-corrected chi connectivity index (χ0v) is 12.1. The molecule has 106 valence electrons. The number of carbonyl (C=O) groups excluding carboxylic acids is 1. The monoisotopic (exact) mass is 306 g/mol. The highest BCUT2D eigenvalue weighted by Crippen LogP contribution is 2.20. The number of halogens is 1. The lowest BCUT2D eigenvalue weighted by molar-refractivity contribution is 0.0937. The molecule has 0 spiro atoms. The van der Waals surface area contributed by atoms with Crippen LogP contribution in [0, 0.1) is 0 Å². The Morgan fingerprint density at radius 2 is 2.11 bits per heavy atom. The fraction of sp³-hybridized carbons (Fsp3) is 0.364. The van der Waals surface area contributed by atoms with Crippen LogP contribution in [-0.4, -0.2) is 41.6 Å². The number of methoxy groups -OCH3 is 1. The second-order valence-corrected chi connectivity index (χ2v) is 5.89. The van der Waals surface area contributed by atoms with Gasteiger partial charge >= 0.3 is 0 Å². The number of benzene rings is 1. The third-order valence-electron chi connectivity index (χ3n) is 2.35. The minimum atomic E-state index is -3.61. The molecule has 1 aromatic rings. The molecule has 1 aromatic carbocycles. The fourth-order valence-corrected chi connectivity index (χ4v) is 2.28. The van der Waals surface area contributed by atoms with E-state index in [0.29, 0.717) is 13.2 Å². The van der Waals surface area contributed by atoms with Gasteiger partial charge in [-0.05, 0) is 25.2 Å². The van der Waals surface area contributed by atoms with Gasteiger partial charge in [0.25, 0.3) is 5.91 Å². The number of amides is 1. The number of rotatable bonds is 6. The smallest absolute Gasteiger partial charge is 0.252 e. The molecule has 0 bridgehead atoms. The molecule has 19 heavy (non-hydrogen) atoms. The number of ether oxygens (including phenoxy) is 1. The van der Waals surface area contributed by atoms with Gasteiger partial charge in [0, 0.05) is 13.7 Å². The van der Waals surface area contributed by atoms with E-state index >= 15 is 0 Å². The third-order valence-corrected chi connectivity index (χ3v) is 4.09. The van der Waals surface area contributed by atoms with Gasteiger partial charge in [0.1, 0.15) is 0 Å². The summed E-state index contributed by atoms with van der Waals surface area (Å²) in [7, 11) is -0.802. The lowest BCUT2D eigenvalue weighted by atomic mass is 10.2. The van der Waals surface area contributed by atoms with Crippen LogP contribution < -0.4 is 10.0 Å². The molecule has 0 aliphatic heterocycles. The summed E-state index contributed by atoms with van der Waals surface area (Å²) < 4.78 is 30.3. The van der Waals surface area contributed by atoms with Gasteiger partial charge < -0.3 is 10.1 Å². The molecule has 1 amide bonds. The lowest BCUT2D eigenvalue weighted by Crippen LogP contribution is -2.27. The number of hydrogen-bond donors (Lipinski definition) is 2. The summed E-state index contributed by atoms with van der Waals surface area (Å²) >= 11 is 5.89. The first-order valence-electron chi connectivity index (χ1n) is 5.42. The Balaban J connectivity index is 3.01. The average molecular weight is 307 g/mol. The molecule has 0 heterocycles. The van der Waals surface area contributed by atoms with Gasteiger partial charge in [-0.25, -0.2) is 13.1 Å². The van der Waals surface area contributed by atoms with E-state index < -0.39 is 15.9 Å². The highest BCUT2D eigenvalue weighted by molar-refractivity contribution is 7.89. The van der Waals surface area contributed by atoms with Gasteiger partial charge in [0.2, 0.25) is 10.0 Å². The number of hydrogen-bond acceptors (Lipinski definition) is 4. The summed E-state index contributed by atoms with van der Waals surface area (Å²) in [6.07, 6.45) is 0. The van der Waals surface area contributed by atoms with Gasteiger partial charge in [-0.1, -0.05) is 11.6 Å². The van der Waals surface area contributed by atoms with Crippen LogP contribution in [0.1, 0.15) is 10.4 Å². The SMILES string of the molecule is CNS(=O)(=O)c1ccc(Cl)c(C(=O)NCCOC)c1. The standard InChI is InChI=1S/C11H15ClN2O4S/c1-13-19(16,17)8-3-4-10(12)9(7-8)11(15)14-5-6-18-2/h3-4,7,13H,5-6H2,1-2H3,(H,14,15). The fourth-order valence-electron chi connectivity index (χ4n) is 1.33. The molecule has 2 N–H and O–H groups in total. The van der Waals surface area contributed by atoms with Crippen LogP contribution in [-0.2, 0) is 14.8 Å². The molecular formula is C11H15ClN2O4S. The Kier molecular flexibility index (Phi) is 5.74. The van der Waals surface area contributed by atoms with Gasteiger partial charge in [0.15, 0.2) is 0 Å². The van der Waals surface area contributed by atoms with E-state index in [-0.39, 0.29) is 15.5 Å². The third kappa shape index (κ3) is 4.17. The summed E-state index contributed by atoms with van der Waals surface area (Å²) in [6, 6.07) is 3.94. The molecule has 8 heteroatoms. The summed E-state index contributed by atoms with van der Waals surface area (Å²) in [5.74, 6) is -0.449. The zero-order valence-electron chi connectivity index (χ0n) is 10.6. The molecule has 0 radical (unpaired) electrons. The van der Waals surface area contributed by atoms with E-state index in [9.17, 15) is 13.2 Å². The maximum Gasteiger partial charge on any atom is 0.252 e. The molecule has 0 aliphatic carbocycles. The first-order chi connectivity index (χ1) is 8.92. The average Bonchev–Trinajstić information content (AvgIpc) is 2.39. The molecule has 0 aromatic heterocycles. The topological polar surface area (TPSA) is 84.5 Å². The van der Waals surface area contributed by atoms with Crippen LogP contribution in [0.15, 0.2) is 23.1 Å². The van der Waals surface area contributed by atoms with E-state index in [0.717, 1.165) is 0 Å². The summed E-state index contributed by atoms with van der Waals surface area (Å²) in [4.78, 5) is 11.8. The van der Waals surface area contributed by atoms with Gasteiger partial charge in [0.05, 0.1) is 22.1 Å². The van der Waals surface area contributed by atoms with Gasteiger partial charge in [-0.3, -0.25) is 4.79 Å². The number of carbonyl (C=O) groups is 1. The number of sulfonamides is 1. The van der Waals surface area contributed by atoms with E-state index in [1.165, 1.54) is 32.4 Å². The largest absolute Gasteiger partial charge is 0.383 e. The molecule has 0 fully saturated rings. The van der Waals surface area contributed by atoms with E-state index in [1.54, 1.807) is 0 Å². The highest BCUT2D eigenvalue weighted by Gasteiger charge is 2.17. The van der Waals surface area contributed by atoms with E-state index in [1.807, 2.05) is 0 Å². The van der Waals surface area contributed by atoms with E-state index in [2.05, 4.69) is 10.0 Å². The minimum Gasteiger partial charge on any atom is -0.383 e. The summed E-state index contributed by atoms with van der Waals surface area (Å²) in [6.45, 7) is 0.673. The van der Waals surface area contributed by atoms with Crippen molar-refractivity contribution < 1.29 is 17.9 Å². The van der Waals surface area contributed by atoms with E-state index in [4.69, 9.17) is 16.3 Å². The quantitative estimate of drug-likeness (QED) is 0.755. The maximum absolute atomic E-state index is 11.8. The van der Waals surface area contributed by atoms with Gasteiger partial charge in [-0.2, -0.15) is 0 Å². The van der Waals surface area contributed by atoms with Crippen molar-refractivity contribution in [2.45, 2.75) is 4.90 Å². The van der Waals surface area contributed by atoms with Crippen LogP contribution in [0.4, 0.5) is 0 Å². The van der Waals surface area contributed by atoms with Crippen LogP contribution in [0.2, 0.25) is 5.02 Å². The van der Waals surface area contributed by atoms with Crippen LogP contribution in [0.5, 0.6) is 0 Å². The highest BCUT2D eigenvalue weighted by atomic mass is 35.5. The molecule has 6 nitrogen and oxygen atoms in total. The molecular weight excluding hydrogens is 292 g/mol. The van der Waals surface area contributed by atoms with Crippen molar-refractivity contribution in [3.05, 3.63) is 28.8 Å². The zero-order chi connectivity index (χ0) is 14.5. The maximum atomic E-state index is 11.8. The van der Waals surface area contributed by atoms with Crippen molar-refractivity contribution in [2.24, 2.45) is 0 Å². The van der Waals surface area contributed by atoms with Crippen molar-refractivity contribution in [3.63, 3.8) is 0 Å². The lowest BCUT2D eigenvalue weighted by Gasteiger charge is -2.08. The second-order valence-electron chi connectivity index (χ2n) is 3.60. The van der Waals surface area contributed by atoms with Crippen LogP contribution >= 0.6 is 11.6 Å². The first-order valence-corrected chi connectivity index (χ1v) is 7.28. The second kappa shape index (κ2) is 6.85. The molecule has 0 aliphatic rings. The van der Waals surface area contributed by atoms with Crippen molar-refractivity contribution in [2.75, 3.05) is 27.3 Å². The van der Waals surface area contributed by atoms with Crippen LogP contribution in [0.3, 0.4) is 0 Å². The Morgan fingerprint density at radius 3 is 2.68 bits per heavy atom. The van der Waals surface area contributed by atoms with Crippen molar-refractivity contribution >= 4 is 27.5 Å². The first kappa shape index (κ1) is 15.9. The molecule has 0 saturated carbocycles. The molecule has 0 saturated heterocycles. The predicted molar refractivity (Wildman–Crippen MR) is 71.9 cm³/mol. The summed E-state index contributed by atoms with van der Waals surface area (Å²) in [5, 5.41) is 2.76.